The Morgan fingerprint density at radius 3 is 2.65 bits per heavy atom. The van der Waals surface area contributed by atoms with Gasteiger partial charge in [-0.25, -0.2) is 0 Å². The summed E-state index contributed by atoms with van der Waals surface area (Å²) in [4.78, 5) is 0. The number of hydrogen-bond donors (Lipinski definition) is 0. The first kappa shape index (κ1) is 13.0. The third kappa shape index (κ3) is 3.07. The summed E-state index contributed by atoms with van der Waals surface area (Å²) in [7, 11) is -3.49. The van der Waals surface area contributed by atoms with Crippen molar-refractivity contribution in [2.45, 2.75) is 51.3 Å². The van der Waals surface area contributed by atoms with Crippen molar-refractivity contribution in [2.24, 2.45) is 0 Å². The molecule has 0 aromatic rings. The van der Waals surface area contributed by atoms with Crippen LogP contribution >= 0.6 is 0 Å². The molecule has 3 atom stereocenters. The summed E-state index contributed by atoms with van der Waals surface area (Å²) in [6.07, 6.45) is 2.49. The average Bonchev–Trinajstić information content (AvgIpc) is 2.36. The Hall–Kier alpha value is -0.430. The van der Waals surface area contributed by atoms with Crippen LogP contribution in [0.3, 0.4) is 0 Å². The van der Waals surface area contributed by atoms with Crippen LogP contribution in [-0.4, -0.2) is 38.8 Å². The van der Waals surface area contributed by atoms with Crippen molar-refractivity contribution < 1.29 is 22.1 Å². The maximum absolute atomic E-state index is 11.2. The average molecular weight is 262 g/mol. The fourth-order valence-corrected chi connectivity index (χ4v) is 2.96. The molecule has 98 valence electrons. The van der Waals surface area contributed by atoms with E-state index in [4.69, 9.17) is 13.7 Å². The molecule has 1 aliphatic heterocycles. The summed E-state index contributed by atoms with van der Waals surface area (Å²) in [5.41, 5.74) is 1.06. The van der Waals surface area contributed by atoms with Gasteiger partial charge in [0.25, 0.3) is 10.1 Å². The van der Waals surface area contributed by atoms with Crippen molar-refractivity contribution in [3.05, 3.63) is 11.6 Å². The minimum Gasteiger partial charge on any atom is -0.341 e. The SMILES string of the molecule is CC1=C[C@H]2OC(C)(C)O[C@H]2[C@H](OS(C)(=O)=O)C1. The van der Waals surface area contributed by atoms with E-state index in [2.05, 4.69) is 0 Å². The van der Waals surface area contributed by atoms with Crippen LogP contribution in [0.25, 0.3) is 0 Å². The van der Waals surface area contributed by atoms with Crippen LogP contribution in [0.2, 0.25) is 0 Å². The Balaban J connectivity index is 2.22. The van der Waals surface area contributed by atoms with E-state index in [-0.39, 0.29) is 12.2 Å². The van der Waals surface area contributed by atoms with Crippen LogP contribution in [0.1, 0.15) is 27.2 Å². The summed E-state index contributed by atoms with van der Waals surface area (Å²) < 4.78 is 38.9. The van der Waals surface area contributed by atoms with E-state index >= 15 is 0 Å². The lowest BCUT2D eigenvalue weighted by molar-refractivity contribution is -0.150. The van der Waals surface area contributed by atoms with Crippen molar-refractivity contribution in [3.63, 3.8) is 0 Å². The second kappa shape index (κ2) is 4.05. The standard InChI is InChI=1S/C11H18O5S/c1-7-5-8-10(15-11(2,3)14-8)9(6-7)16-17(4,12)13/h5,8-10H,6H2,1-4H3/t8-,9-,10-/m1/s1. The molecule has 5 nitrogen and oxygen atoms in total. The molecule has 1 aliphatic carbocycles. The van der Waals surface area contributed by atoms with Gasteiger partial charge in [0, 0.05) is 0 Å². The third-order valence-corrected chi connectivity index (χ3v) is 3.40. The molecule has 0 unspecified atom stereocenters. The van der Waals surface area contributed by atoms with Crippen molar-refractivity contribution in [1.29, 1.82) is 0 Å². The second-order valence-electron chi connectivity index (χ2n) is 5.12. The van der Waals surface area contributed by atoms with Crippen LogP contribution in [0, 0.1) is 0 Å². The molecule has 0 bridgehead atoms. The minimum atomic E-state index is -3.49. The lowest BCUT2D eigenvalue weighted by Crippen LogP contribution is -2.40. The molecule has 1 fully saturated rings. The van der Waals surface area contributed by atoms with Crippen LogP contribution in [0.4, 0.5) is 0 Å². The number of hydrogen-bond acceptors (Lipinski definition) is 5. The highest BCUT2D eigenvalue weighted by Gasteiger charge is 2.47. The molecule has 2 aliphatic rings. The van der Waals surface area contributed by atoms with Crippen molar-refractivity contribution in [1.82, 2.24) is 0 Å². The number of fused-ring (bicyclic) bond motifs is 1. The first-order chi connectivity index (χ1) is 7.66. The largest absolute Gasteiger partial charge is 0.341 e. The maximum Gasteiger partial charge on any atom is 0.264 e. The zero-order valence-electron chi connectivity index (χ0n) is 10.5. The highest BCUT2D eigenvalue weighted by atomic mass is 32.2. The van der Waals surface area contributed by atoms with E-state index in [0.29, 0.717) is 6.42 Å². The predicted octanol–water partition coefficient (Wildman–Crippen LogP) is 1.20. The maximum atomic E-state index is 11.2. The van der Waals surface area contributed by atoms with E-state index < -0.39 is 22.0 Å². The zero-order chi connectivity index (χ0) is 12.8. The molecule has 1 heterocycles. The molecule has 0 saturated carbocycles. The van der Waals surface area contributed by atoms with Crippen molar-refractivity contribution >= 4 is 10.1 Å². The van der Waals surface area contributed by atoms with E-state index in [1.165, 1.54) is 0 Å². The predicted molar refractivity (Wildman–Crippen MR) is 61.9 cm³/mol. The molecule has 1 saturated heterocycles. The van der Waals surface area contributed by atoms with Crippen molar-refractivity contribution in [3.8, 4) is 0 Å². The Morgan fingerprint density at radius 2 is 2.06 bits per heavy atom. The lowest BCUT2D eigenvalue weighted by Gasteiger charge is -2.28. The van der Waals surface area contributed by atoms with Gasteiger partial charge in [0.05, 0.1) is 6.26 Å². The topological polar surface area (TPSA) is 61.8 Å². The van der Waals surface area contributed by atoms with Crippen LogP contribution in [-0.2, 0) is 23.8 Å². The first-order valence-electron chi connectivity index (χ1n) is 5.57. The molecule has 0 aromatic heterocycles. The molecular formula is C11H18O5S. The molecule has 6 heteroatoms. The van der Waals surface area contributed by atoms with Gasteiger partial charge in [0.15, 0.2) is 5.79 Å². The number of ether oxygens (including phenoxy) is 2. The fraction of sp³-hybridized carbons (Fsp3) is 0.818. The molecular weight excluding hydrogens is 244 g/mol. The van der Waals surface area contributed by atoms with Gasteiger partial charge in [-0.15, -0.1) is 0 Å². The van der Waals surface area contributed by atoms with Crippen LogP contribution in [0.15, 0.2) is 11.6 Å². The van der Waals surface area contributed by atoms with E-state index in [1.54, 1.807) is 0 Å². The van der Waals surface area contributed by atoms with Crippen molar-refractivity contribution in [2.75, 3.05) is 6.26 Å². The minimum absolute atomic E-state index is 0.231. The van der Waals surface area contributed by atoms with Gasteiger partial charge in [-0.05, 0) is 27.2 Å². The molecule has 0 N–H and O–H groups in total. The Morgan fingerprint density at radius 1 is 1.41 bits per heavy atom. The second-order valence-corrected chi connectivity index (χ2v) is 6.72. The van der Waals surface area contributed by atoms with Crippen LogP contribution < -0.4 is 0 Å². The zero-order valence-corrected chi connectivity index (χ0v) is 11.3. The summed E-state index contributed by atoms with van der Waals surface area (Å²) in [6.45, 7) is 5.56. The summed E-state index contributed by atoms with van der Waals surface area (Å²) in [5, 5.41) is 0. The van der Waals surface area contributed by atoms with Gasteiger partial charge in [-0.2, -0.15) is 8.42 Å². The van der Waals surface area contributed by atoms with Gasteiger partial charge < -0.3 is 9.47 Å². The lowest BCUT2D eigenvalue weighted by atomic mass is 9.93. The summed E-state index contributed by atoms with van der Waals surface area (Å²) in [6, 6.07) is 0. The monoisotopic (exact) mass is 262 g/mol. The Labute approximate surface area is 102 Å². The Kier molecular flexibility index (Phi) is 3.10. The molecule has 2 rings (SSSR count). The Bertz CT molecular complexity index is 437. The van der Waals surface area contributed by atoms with Gasteiger partial charge >= 0.3 is 0 Å². The fourth-order valence-electron chi connectivity index (χ4n) is 2.33. The van der Waals surface area contributed by atoms with Crippen LogP contribution in [0.5, 0.6) is 0 Å². The molecule has 0 radical (unpaired) electrons. The number of rotatable bonds is 2. The molecule has 0 spiro atoms. The smallest absolute Gasteiger partial charge is 0.264 e. The first-order valence-corrected chi connectivity index (χ1v) is 7.39. The summed E-state index contributed by atoms with van der Waals surface area (Å²) >= 11 is 0. The van der Waals surface area contributed by atoms with Gasteiger partial charge in [-0.3, -0.25) is 4.18 Å². The molecule has 0 aromatic carbocycles. The quantitative estimate of drug-likeness (QED) is 0.553. The highest BCUT2D eigenvalue weighted by Crippen LogP contribution is 2.37. The van der Waals surface area contributed by atoms with Gasteiger partial charge in [0.2, 0.25) is 0 Å². The van der Waals surface area contributed by atoms with E-state index in [1.807, 2.05) is 26.8 Å². The van der Waals surface area contributed by atoms with E-state index in [9.17, 15) is 8.42 Å². The molecule has 0 amide bonds. The normalized spacial score (nSPS) is 36.5. The highest BCUT2D eigenvalue weighted by molar-refractivity contribution is 7.86. The van der Waals surface area contributed by atoms with Gasteiger partial charge in [0.1, 0.15) is 18.3 Å². The van der Waals surface area contributed by atoms with E-state index in [0.717, 1.165) is 11.8 Å². The third-order valence-electron chi connectivity index (χ3n) is 2.80. The molecule has 17 heavy (non-hydrogen) atoms. The van der Waals surface area contributed by atoms with Gasteiger partial charge in [-0.1, -0.05) is 11.6 Å². The summed E-state index contributed by atoms with van der Waals surface area (Å²) in [5.74, 6) is -0.699.